The van der Waals surface area contributed by atoms with Crippen LogP contribution in [-0.4, -0.2) is 50.2 Å². The van der Waals surface area contributed by atoms with E-state index in [-0.39, 0.29) is 11.8 Å². The first-order valence-corrected chi connectivity index (χ1v) is 8.24. The minimum atomic E-state index is -4.33. The molecule has 0 unspecified atom stereocenters. The lowest BCUT2D eigenvalue weighted by Gasteiger charge is -2.36. The fourth-order valence-corrected chi connectivity index (χ4v) is 3.31. The van der Waals surface area contributed by atoms with Crippen LogP contribution in [0.1, 0.15) is 18.4 Å². The summed E-state index contributed by atoms with van der Waals surface area (Å²) in [4.78, 5) is 16.3. The number of morpholine rings is 1. The Kier molecular flexibility index (Phi) is 4.99. The second kappa shape index (κ2) is 7.01. The molecule has 2 aliphatic heterocycles. The van der Waals surface area contributed by atoms with Crippen molar-refractivity contribution >= 4 is 11.6 Å². The number of halogens is 3. The molecule has 1 aromatic rings. The summed E-state index contributed by atoms with van der Waals surface area (Å²) in [6.45, 7) is 3.62. The summed E-state index contributed by atoms with van der Waals surface area (Å²) in [5.74, 6) is 0.118. The van der Waals surface area contributed by atoms with Crippen molar-refractivity contribution in [2.75, 3.05) is 44.3 Å². The molecular formula is C17H21F3N2O2. The largest absolute Gasteiger partial charge is 0.416 e. The number of carbonyl (C=O) groups is 1. The summed E-state index contributed by atoms with van der Waals surface area (Å²) in [5.41, 5.74) is -0.0615. The zero-order chi connectivity index (χ0) is 17.2. The van der Waals surface area contributed by atoms with Gasteiger partial charge in [0.1, 0.15) is 0 Å². The number of rotatable bonds is 2. The normalized spacial score (nSPS) is 20.3. The van der Waals surface area contributed by atoms with E-state index < -0.39 is 11.7 Å². The predicted molar refractivity (Wildman–Crippen MR) is 83.8 cm³/mol. The van der Waals surface area contributed by atoms with Gasteiger partial charge in [0, 0.05) is 37.8 Å². The Morgan fingerprint density at radius 2 is 1.75 bits per heavy atom. The van der Waals surface area contributed by atoms with Gasteiger partial charge in [0.05, 0.1) is 18.8 Å². The van der Waals surface area contributed by atoms with E-state index in [4.69, 9.17) is 4.74 Å². The average Bonchev–Trinajstić information content (AvgIpc) is 2.61. The number of hydrogen-bond acceptors (Lipinski definition) is 3. The quantitative estimate of drug-likeness (QED) is 0.829. The third-order valence-electron chi connectivity index (χ3n) is 4.71. The lowest BCUT2D eigenvalue weighted by atomic mass is 9.94. The molecule has 2 saturated heterocycles. The number of benzene rings is 1. The monoisotopic (exact) mass is 342 g/mol. The van der Waals surface area contributed by atoms with Crippen molar-refractivity contribution in [2.45, 2.75) is 19.0 Å². The molecule has 0 bridgehead atoms. The van der Waals surface area contributed by atoms with E-state index in [9.17, 15) is 18.0 Å². The van der Waals surface area contributed by atoms with Crippen molar-refractivity contribution < 1.29 is 22.7 Å². The second-order valence-electron chi connectivity index (χ2n) is 6.25. The Labute approximate surface area is 139 Å². The number of amides is 1. The van der Waals surface area contributed by atoms with Crippen LogP contribution < -0.4 is 4.90 Å². The molecule has 1 aromatic carbocycles. The lowest BCUT2D eigenvalue weighted by molar-refractivity contribution is -0.140. The second-order valence-corrected chi connectivity index (χ2v) is 6.25. The topological polar surface area (TPSA) is 32.8 Å². The van der Waals surface area contributed by atoms with E-state index in [1.165, 1.54) is 12.1 Å². The summed E-state index contributed by atoms with van der Waals surface area (Å²) in [6, 6.07) is 5.39. The maximum atomic E-state index is 12.8. The summed E-state index contributed by atoms with van der Waals surface area (Å²) < 4.78 is 43.7. The van der Waals surface area contributed by atoms with Crippen LogP contribution in [0.25, 0.3) is 0 Å². The first-order chi connectivity index (χ1) is 11.4. The summed E-state index contributed by atoms with van der Waals surface area (Å²) >= 11 is 0. The van der Waals surface area contributed by atoms with Gasteiger partial charge in [-0.1, -0.05) is 6.07 Å². The molecule has 24 heavy (non-hydrogen) atoms. The van der Waals surface area contributed by atoms with Crippen LogP contribution in [0.4, 0.5) is 18.9 Å². The number of alkyl halides is 3. The highest BCUT2D eigenvalue weighted by atomic mass is 19.4. The van der Waals surface area contributed by atoms with Crippen molar-refractivity contribution in [3.8, 4) is 0 Å². The van der Waals surface area contributed by atoms with Gasteiger partial charge in [-0.25, -0.2) is 0 Å². The number of piperidine rings is 1. The number of carbonyl (C=O) groups excluding carboxylic acids is 1. The molecule has 3 rings (SSSR count). The Hall–Kier alpha value is -1.76. The van der Waals surface area contributed by atoms with Gasteiger partial charge in [-0.2, -0.15) is 13.2 Å². The van der Waals surface area contributed by atoms with Crippen LogP contribution in [0.15, 0.2) is 24.3 Å². The molecule has 0 aliphatic carbocycles. The van der Waals surface area contributed by atoms with Crippen LogP contribution in [0.3, 0.4) is 0 Å². The number of nitrogens with zero attached hydrogens (tertiary/aromatic N) is 2. The van der Waals surface area contributed by atoms with E-state index in [1.807, 2.05) is 9.80 Å². The molecule has 2 aliphatic rings. The van der Waals surface area contributed by atoms with Gasteiger partial charge in [0.15, 0.2) is 0 Å². The average molecular weight is 342 g/mol. The fraction of sp³-hybridized carbons (Fsp3) is 0.588. The Morgan fingerprint density at radius 3 is 2.38 bits per heavy atom. The SMILES string of the molecule is O=C(C1CCN(c2cccc(C(F)(F)F)c2)CC1)N1CCOCC1. The highest BCUT2D eigenvalue weighted by molar-refractivity contribution is 5.79. The van der Waals surface area contributed by atoms with Gasteiger partial charge in [0.25, 0.3) is 0 Å². The first-order valence-electron chi connectivity index (χ1n) is 8.24. The van der Waals surface area contributed by atoms with E-state index in [2.05, 4.69) is 0 Å². The Balaban J connectivity index is 1.60. The molecule has 132 valence electrons. The molecule has 0 spiro atoms. The van der Waals surface area contributed by atoms with Gasteiger partial charge in [-0.15, -0.1) is 0 Å². The summed E-state index contributed by atoms with van der Waals surface area (Å²) in [6.07, 6.45) is -2.99. The van der Waals surface area contributed by atoms with Crippen molar-refractivity contribution in [1.82, 2.24) is 4.90 Å². The zero-order valence-electron chi connectivity index (χ0n) is 13.4. The smallest absolute Gasteiger partial charge is 0.378 e. The first kappa shape index (κ1) is 17.1. The van der Waals surface area contributed by atoms with Crippen molar-refractivity contribution in [2.24, 2.45) is 5.92 Å². The molecule has 2 fully saturated rings. The van der Waals surface area contributed by atoms with Crippen LogP contribution in [0.5, 0.6) is 0 Å². The molecule has 4 nitrogen and oxygen atoms in total. The third-order valence-corrected chi connectivity index (χ3v) is 4.71. The van der Waals surface area contributed by atoms with Crippen LogP contribution in [0.2, 0.25) is 0 Å². The van der Waals surface area contributed by atoms with Gasteiger partial charge < -0.3 is 14.5 Å². The van der Waals surface area contributed by atoms with Crippen molar-refractivity contribution in [3.63, 3.8) is 0 Å². The van der Waals surface area contributed by atoms with Gasteiger partial charge in [-0.05, 0) is 31.0 Å². The van der Waals surface area contributed by atoms with E-state index >= 15 is 0 Å². The van der Waals surface area contributed by atoms with E-state index in [0.29, 0.717) is 57.9 Å². The highest BCUT2D eigenvalue weighted by Gasteiger charge is 2.32. The molecule has 0 N–H and O–H groups in total. The minimum Gasteiger partial charge on any atom is -0.378 e. The molecule has 0 aromatic heterocycles. The highest BCUT2D eigenvalue weighted by Crippen LogP contribution is 2.33. The molecule has 2 heterocycles. The van der Waals surface area contributed by atoms with Gasteiger partial charge in [0.2, 0.25) is 5.91 Å². The van der Waals surface area contributed by atoms with Crippen LogP contribution in [-0.2, 0) is 15.7 Å². The molecule has 0 atom stereocenters. The summed E-state index contributed by atoms with van der Waals surface area (Å²) in [7, 11) is 0. The summed E-state index contributed by atoms with van der Waals surface area (Å²) in [5, 5.41) is 0. The van der Waals surface area contributed by atoms with Crippen LogP contribution >= 0.6 is 0 Å². The maximum absolute atomic E-state index is 12.8. The minimum absolute atomic E-state index is 0.0369. The van der Waals surface area contributed by atoms with Gasteiger partial charge in [-0.3, -0.25) is 4.79 Å². The lowest BCUT2D eigenvalue weighted by Crippen LogP contribution is -2.46. The standard InChI is InChI=1S/C17H21F3N2O2/c18-17(19,20)14-2-1-3-15(12-14)21-6-4-13(5-7-21)16(23)22-8-10-24-11-9-22/h1-3,12-13H,4-11H2. The fourth-order valence-electron chi connectivity index (χ4n) is 3.31. The third kappa shape index (κ3) is 3.83. The Bertz CT molecular complexity index is 577. The van der Waals surface area contributed by atoms with Gasteiger partial charge >= 0.3 is 6.18 Å². The number of hydrogen-bond donors (Lipinski definition) is 0. The maximum Gasteiger partial charge on any atom is 0.416 e. The Morgan fingerprint density at radius 1 is 1.08 bits per heavy atom. The predicted octanol–water partition coefficient (Wildman–Crippen LogP) is 2.78. The molecule has 1 amide bonds. The zero-order valence-corrected chi connectivity index (χ0v) is 13.4. The molecular weight excluding hydrogens is 321 g/mol. The van der Waals surface area contributed by atoms with Crippen LogP contribution in [0, 0.1) is 5.92 Å². The number of ether oxygens (including phenoxy) is 1. The number of anilines is 1. The molecule has 0 saturated carbocycles. The van der Waals surface area contributed by atoms with E-state index in [0.717, 1.165) is 6.07 Å². The molecule has 7 heteroatoms. The van der Waals surface area contributed by atoms with E-state index in [1.54, 1.807) is 6.07 Å². The molecule has 0 radical (unpaired) electrons. The van der Waals surface area contributed by atoms with Crippen molar-refractivity contribution in [1.29, 1.82) is 0 Å². The van der Waals surface area contributed by atoms with Crippen molar-refractivity contribution in [3.05, 3.63) is 29.8 Å².